The fraction of sp³-hybridized carbons (Fsp3) is 0.444. The van der Waals surface area contributed by atoms with Gasteiger partial charge in [0.2, 0.25) is 0 Å². The number of anilines is 3. The Bertz CT molecular complexity index is 691. The van der Waals surface area contributed by atoms with Crippen molar-refractivity contribution in [3.63, 3.8) is 0 Å². The lowest BCUT2D eigenvalue weighted by Crippen LogP contribution is -2.37. The van der Waals surface area contributed by atoms with Gasteiger partial charge in [-0.25, -0.2) is 14.4 Å². The largest absolute Gasteiger partial charge is 0.393 e. The fourth-order valence-corrected chi connectivity index (χ4v) is 2.80. The summed E-state index contributed by atoms with van der Waals surface area (Å²) in [5, 5.41) is 6.45. The van der Waals surface area contributed by atoms with Crippen molar-refractivity contribution in [3.8, 4) is 0 Å². The van der Waals surface area contributed by atoms with Crippen LogP contribution in [0.25, 0.3) is 0 Å². The first-order valence-corrected chi connectivity index (χ1v) is 8.85. The quantitative estimate of drug-likeness (QED) is 0.620. The number of rotatable bonds is 8. The lowest BCUT2D eigenvalue weighted by molar-refractivity contribution is 0.0378. The third-order valence-corrected chi connectivity index (χ3v) is 4.30. The Morgan fingerprint density at radius 3 is 2.50 bits per heavy atom. The second-order valence-corrected chi connectivity index (χ2v) is 6.20. The molecule has 3 rings (SSSR count). The van der Waals surface area contributed by atoms with Gasteiger partial charge in [0.05, 0.1) is 13.2 Å². The van der Waals surface area contributed by atoms with Crippen molar-refractivity contribution >= 4 is 17.3 Å². The zero-order valence-electron chi connectivity index (χ0n) is 14.7. The van der Waals surface area contributed by atoms with Crippen LogP contribution in [0, 0.1) is 5.82 Å². The zero-order chi connectivity index (χ0) is 18.2. The van der Waals surface area contributed by atoms with E-state index in [-0.39, 0.29) is 5.82 Å². The van der Waals surface area contributed by atoms with E-state index in [0.29, 0.717) is 23.9 Å². The highest BCUT2D eigenvalue weighted by Gasteiger charge is 2.10. The van der Waals surface area contributed by atoms with E-state index in [2.05, 4.69) is 25.5 Å². The van der Waals surface area contributed by atoms with Crippen molar-refractivity contribution in [2.75, 3.05) is 55.8 Å². The molecule has 1 fully saturated rings. The van der Waals surface area contributed by atoms with E-state index in [9.17, 15) is 4.39 Å². The SMILES string of the molecule is Nc1c(NCCCN2CCOCC2)ncnc1NCc1ccc(F)cc1. The molecule has 1 saturated heterocycles. The van der Waals surface area contributed by atoms with Crippen LogP contribution in [-0.2, 0) is 11.3 Å². The number of aromatic nitrogens is 2. The van der Waals surface area contributed by atoms with Crippen molar-refractivity contribution in [1.29, 1.82) is 0 Å². The average molecular weight is 360 g/mol. The summed E-state index contributed by atoms with van der Waals surface area (Å²) in [5.74, 6) is 0.947. The third-order valence-electron chi connectivity index (χ3n) is 4.30. The molecule has 4 N–H and O–H groups in total. The summed E-state index contributed by atoms with van der Waals surface area (Å²) in [7, 11) is 0. The molecular weight excluding hydrogens is 335 g/mol. The maximum atomic E-state index is 13.0. The predicted octanol–water partition coefficient (Wildman–Crippen LogP) is 1.94. The maximum Gasteiger partial charge on any atom is 0.155 e. The molecule has 1 aliphatic heterocycles. The van der Waals surface area contributed by atoms with Gasteiger partial charge < -0.3 is 21.1 Å². The molecule has 7 nitrogen and oxygen atoms in total. The first-order chi connectivity index (χ1) is 12.7. The Hall–Kier alpha value is -2.45. The highest BCUT2D eigenvalue weighted by atomic mass is 19.1. The summed E-state index contributed by atoms with van der Waals surface area (Å²) in [6, 6.07) is 6.32. The lowest BCUT2D eigenvalue weighted by Gasteiger charge is -2.26. The molecule has 8 heteroatoms. The third kappa shape index (κ3) is 5.27. The molecule has 0 radical (unpaired) electrons. The van der Waals surface area contributed by atoms with Crippen LogP contribution >= 0.6 is 0 Å². The molecule has 0 saturated carbocycles. The van der Waals surface area contributed by atoms with Gasteiger partial charge in [-0.05, 0) is 30.7 Å². The van der Waals surface area contributed by atoms with Crippen LogP contribution in [0.15, 0.2) is 30.6 Å². The Balaban J connectivity index is 1.47. The van der Waals surface area contributed by atoms with E-state index in [0.717, 1.165) is 51.4 Å². The molecule has 0 unspecified atom stereocenters. The van der Waals surface area contributed by atoms with Gasteiger partial charge in [0.25, 0.3) is 0 Å². The first kappa shape index (κ1) is 18.3. The molecule has 0 atom stereocenters. The Kier molecular flexibility index (Phi) is 6.56. The Labute approximate surface area is 152 Å². The van der Waals surface area contributed by atoms with Crippen LogP contribution < -0.4 is 16.4 Å². The first-order valence-electron chi connectivity index (χ1n) is 8.85. The second kappa shape index (κ2) is 9.30. The van der Waals surface area contributed by atoms with E-state index in [1.807, 2.05) is 0 Å². The predicted molar refractivity (Wildman–Crippen MR) is 101 cm³/mol. The van der Waals surface area contributed by atoms with E-state index < -0.39 is 0 Å². The molecule has 1 aromatic heterocycles. The van der Waals surface area contributed by atoms with Gasteiger partial charge in [-0.1, -0.05) is 12.1 Å². The minimum atomic E-state index is -0.251. The minimum absolute atomic E-state index is 0.251. The van der Waals surface area contributed by atoms with Crippen LogP contribution in [0.1, 0.15) is 12.0 Å². The second-order valence-electron chi connectivity index (χ2n) is 6.20. The number of nitrogens with two attached hydrogens (primary N) is 1. The summed E-state index contributed by atoms with van der Waals surface area (Å²) in [6.07, 6.45) is 2.48. The number of ether oxygens (including phenoxy) is 1. The Morgan fingerprint density at radius 2 is 1.77 bits per heavy atom. The smallest absolute Gasteiger partial charge is 0.155 e. The fourth-order valence-electron chi connectivity index (χ4n) is 2.80. The standard InChI is InChI=1S/C18H25FN6O/c19-15-4-2-14(3-5-15)12-22-18-16(20)17(23-13-24-18)21-6-1-7-25-8-10-26-11-9-25/h2-5,13H,1,6-12,20H2,(H2,21,22,23,24). The van der Waals surface area contributed by atoms with Crippen LogP contribution in [-0.4, -0.2) is 54.3 Å². The van der Waals surface area contributed by atoms with Crippen LogP contribution in [0.4, 0.5) is 21.7 Å². The lowest BCUT2D eigenvalue weighted by atomic mass is 10.2. The Morgan fingerprint density at radius 1 is 1.08 bits per heavy atom. The molecule has 1 aromatic carbocycles. The van der Waals surface area contributed by atoms with Crippen molar-refractivity contribution in [2.45, 2.75) is 13.0 Å². The molecule has 2 aromatic rings. The minimum Gasteiger partial charge on any atom is -0.393 e. The number of hydrogen-bond donors (Lipinski definition) is 3. The normalized spacial score (nSPS) is 15.0. The number of morpholine rings is 1. The maximum absolute atomic E-state index is 13.0. The number of hydrogen-bond acceptors (Lipinski definition) is 7. The van der Waals surface area contributed by atoms with Crippen molar-refractivity contribution < 1.29 is 9.13 Å². The van der Waals surface area contributed by atoms with Crippen molar-refractivity contribution in [3.05, 3.63) is 42.0 Å². The van der Waals surface area contributed by atoms with E-state index >= 15 is 0 Å². The molecular formula is C18H25FN6O. The number of nitrogens with zero attached hydrogens (tertiary/aromatic N) is 3. The average Bonchev–Trinajstić information content (AvgIpc) is 2.67. The van der Waals surface area contributed by atoms with E-state index in [1.165, 1.54) is 18.5 Å². The summed E-state index contributed by atoms with van der Waals surface area (Å²) in [4.78, 5) is 10.8. The van der Waals surface area contributed by atoms with Crippen LogP contribution in [0.2, 0.25) is 0 Å². The van der Waals surface area contributed by atoms with E-state index in [1.54, 1.807) is 12.1 Å². The molecule has 0 bridgehead atoms. The number of nitrogen functional groups attached to an aromatic ring is 1. The van der Waals surface area contributed by atoms with E-state index in [4.69, 9.17) is 10.5 Å². The van der Waals surface area contributed by atoms with Gasteiger partial charge in [0.1, 0.15) is 17.8 Å². The molecule has 0 amide bonds. The molecule has 26 heavy (non-hydrogen) atoms. The molecule has 140 valence electrons. The van der Waals surface area contributed by atoms with Crippen LogP contribution in [0.3, 0.4) is 0 Å². The summed E-state index contributed by atoms with van der Waals surface area (Å²) >= 11 is 0. The van der Waals surface area contributed by atoms with Gasteiger partial charge >= 0.3 is 0 Å². The highest BCUT2D eigenvalue weighted by molar-refractivity contribution is 5.73. The number of halogens is 1. The highest BCUT2D eigenvalue weighted by Crippen LogP contribution is 2.22. The van der Waals surface area contributed by atoms with Gasteiger partial charge in [-0.3, -0.25) is 4.90 Å². The summed E-state index contributed by atoms with van der Waals surface area (Å²) < 4.78 is 18.3. The van der Waals surface area contributed by atoms with Crippen molar-refractivity contribution in [1.82, 2.24) is 14.9 Å². The molecule has 0 aliphatic carbocycles. The summed E-state index contributed by atoms with van der Waals surface area (Å²) in [6.45, 7) is 5.94. The van der Waals surface area contributed by atoms with Crippen molar-refractivity contribution in [2.24, 2.45) is 0 Å². The molecule has 0 spiro atoms. The topological polar surface area (TPSA) is 88.3 Å². The summed E-state index contributed by atoms with van der Waals surface area (Å²) in [5.41, 5.74) is 7.60. The van der Waals surface area contributed by atoms with Gasteiger partial charge in [0.15, 0.2) is 11.6 Å². The molecule has 1 aliphatic rings. The zero-order valence-corrected chi connectivity index (χ0v) is 14.7. The van der Waals surface area contributed by atoms with Crippen LogP contribution in [0.5, 0.6) is 0 Å². The number of nitrogens with one attached hydrogen (secondary N) is 2. The van der Waals surface area contributed by atoms with Gasteiger partial charge in [0, 0.05) is 26.2 Å². The monoisotopic (exact) mass is 360 g/mol. The number of benzene rings is 1. The van der Waals surface area contributed by atoms with Gasteiger partial charge in [-0.2, -0.15) is 0 Å². The molecule has 2 heterocycles. The van der Waals surface area contributed by atoms with Gasteiger partial charge in [-0.15, -0.1) is 0 Å².